The van der Waals surface area contributed by atoms with E-state index in [9.17, 15) is 4.79 Å². The highest BCUT2D eigenvalue weighted by atomic mass is 16.5. The number of nitrogens with zero attached hydrogens (tertiary/aromatic N) is 1. The van der Waals surface area contributed by atoms with Crippen LogP contribution in [0.2, 0.25) is 0 Å². The Morgan fingerprint density at radius 1 is 0.957 bits per heavy atom. The second-order valence-electron chi connectivity index (χ2n) is 5.21. The maximum Gasteiger partial charge on any atom is 0.150 e. The Balaban J connectivity index is 1.39. The van der Waals surface area contributed by atoms with Crippen LogP contribution in [0.25, 0.3) is 0 Å². The molecule has 0 atom stereocenters. The summed E-state index contributed by atoms with van der Waals surface area (Å²) in [5.74, 6) is 0.737. The minimum Gasteiger partial charge on any atom is -0.491 e. The van der Waals surface area contributed by atoms with Gasteiger partial charge in [-0.3, -0.25) is 9.69 Å². The van der Waals surface area contributed by atoms with Crippen LogP contribution >= 0.6 is 0 Å². The van der Waals surface area contributed by atoms with E-state index < -0.39 is 0 Å². The molecule has 2 rings (SSSR count). The first-order chi connectivity index (χ1) is 11.4. The summed E-state index contributed by atoms with van der Waals surface area (Å²) in [6.07, 6.45) is 0.811. The molecular weight excluding hydrogens is 298 g/mol. The van der Waals surface area contributed by atoms with Gasteiger partial charge < -0.3 is 18.9 Å². The van der Waals surface area contributed by atoms with Gasteiger partial charge in [0.2, 0.25) is 0 Å². The number of morpholine rings is 1. The standard InChI is InChI=1S/C17H25NO5/c19-15-16-1-3-17(4-2-16)23-14-13-22-12-11-21-10-7-18-5-8-20-9-6-18/h1-4,15H,5-14H2. The summed E-state index contributed by atoms with van der Waals surface area (Å²) in [6, 6.07) is 7.01. The predicted octanol–water partition coefficient (Wildman–Crippen LogP) is 1.24. The van der Waals surface area contributed by atoms with E-state index in [1.807, 2.05) is 0 Å². The van der Waals surface area contributed by atoms with Crippen LogP contribution in [-0.2, 0) is 14.2 Å². The monoisotopic (exact) mass is 323 g/mol. The molecule has 0 radical (unpaired) electrons. The van der Waals surface area contributed by atoms with Gasteiger partial charge in [-0.15, -0.1) is 0 Å². The molecule has 0 unspecified atom stereocenters. The molecule has 1 aliphatic rings. The third kappa shape index (κ3) is 7.56. The summed E-state index contributed by atoms with van der Waals surface area (Å²) in [4.78, 5) is 12.9. The molecule has 6 nitrogen and oxygen atoms in total. The summed E-state index contributed by atoms with van der Waals surface area (Å²) >= 11 is 0. The van der Waals surface area contributed by atoms with E-state index >= 15 is 0 Å². The van der Waals surface area contributed by atoms with Gasteiger partial charge in [0.1, 0.15) is 18.6 Å². The van der Waals surface area contributed by atoms with Crippen LogP contribution in [0.4, 0.5) is 0 Å². The average Bonchev–Trinajstić information content (AvgIpc) is 2.61. The lowest BCUT2D eigenvalue weighted by Gasteiger charge is -2.26. The van der Waals surface area contributed by atoms with Crippen molar-refractivity contribution in [2.24, 2.45) is 0 Å². The SMILES string of the molecule is O=Cc1ccc(OCCOCCOCCN2CCOCC2)cc1. The normalized spacial score (nSPS) is 15.5. The molecule has 23 heavy (non-hydrogen) atoms. The molecule has 6 heteroatoms. The lowest BCUT2D eigenvalue weighted by Crippen LogP contribution is -2.38. The Morgan fingerprint density at radius 3 is 2.30 bits per heavy atom. The molecule has 0 N–H and O–H groups in total. The fourth-order valence-corrected chi connectivity index (χ4v) is 2.20. The average molecular weight is 323 g/mol. The molecule has 0 aromatic heterocycles. The first-order valence-corrected chi connectivity index (χ1v) is 8.02. The van der Waals surface area contributed by atoms with Crippen molar-refractivity contribution in [2.45, 2.75) is 0 Å². The first-order valence-electron chi connectivity index (χ1n) is 8.02. The topological polar surface area (TPSA) is 57.2 Å². The van der Waals surface area contributed by atoms with Crippen LogP contribution in [0, 0.1) is 0 Å². The third-order valence-electron chi connectivity index (χ3n) is 3.54. The van der Waals surface area contributed by atoms with E-state index in [0.717, 1.165) is 51.5 Å². The molecule has 1 aromatic rings. The summed E-state index contributed by atoms with van der Waals surface area (Å²) < 4.78 is 21.8. The summed E-state index contributed by atoms with van der Waals surface area (Å²) in [5.41, 5.74) is 0.642. The van der Waals surface area contributed by atoms with Gasteiger partial charge in [0, 0.05) is 25.2 Å². The lowest BCUT2D eigenvalue weighted by atomic mass is 10.2. The Labute approximate surface area is 137 Å². The Kier molecular flexibility index (Phi) is 8.65. The van der Waals surface area contributed by atoms with Gasteiger partial charge >= 0.3 is 0 Å². The molecule has 128 valence electrons. The van der Waals surface area contributed by atoms with Crippen molar-refractivity contribution in [3.8, 4) is 5.75 Å². The van der Waals surface area contributed by atoms with Gasteiger partial charge in [0.25, 0.3) is 0 Å². The molecule has 1 heterocycles. The van der Waals surface area contributed by atoms with Crippen LogP contribution in [0.5, 0.6) is 5.75 Å². The second-order valence-corrected chi connectivity index (χ2v) is 5.21. The molecule has 0 bridgehead atoms. The highest BCUT2D eigenvalue weighted by Gasteiger charge is 2.09. The van der Waals surface area contributed by atoms with Crippen molar-refractivity contribution in [1.29, 1.82) is 0 Å². The van der Waals surface area contributed by atoms with Crippen molar-refractivity contribution >= 4 is 6.29 Å². The fraction of sp³-hybridized carbons (Fsp3) is 0.588. The van der Waals surface area contributed by atoms with E-state index in [2.05, 4.69) is 4.90 Å². The number of ether oxygens (including phenoxy) is 4. The van der Waals surface area contributed by atoms with Crippen molar-refractivity contribution in [3.63, 3.8) is 0 Å². The van der Waals surface area contributed by atoms with Crippen LogP contribution in [0.1, 0.15) is 10.4 Å². The van der Waals surface area contributed by atoms with Gasteiger partial charge in [0.15, 0.2) is 0 Å². The fourth-order valence-electron chi connectivity index (χ4n) is 2.20. The van der Waals surface area contributed by atoms with Crippen molar-refractivity contribution in [2.75, 3.05) is 65.9 Å². The summed E-state index contributed by atoms with van der Waals surface area (Å²) in [6.45, 7) is 7.45. The van der Waals surface area contributed by atoms with E-state index in [-0.39, 0.29) is 0 Å². The Bertz CT molecular complexity index is 431. The molecule has 1 aromatic carbocycles. The van der Waals surface area contributed by atoms with E-state index in [0.29, 0.717) is 32.0 Å². The number of carbonyl (C=O) groups excluding carboxylic acids is 1. The van der Waals surface area contributed by atoms with E-state index in [4.69, 9.17) is 18.9 Å². The predicted molar refractivity (Wildman–Crippen MR) is 86.2 cm³/mol. The third-order valence-corrected chi connectivity index (χ3v) is 3.54. The van der Waals surface area contributed by atoms with Gasteiger partial charge in [-0.05, 0) is 24.3 Å². The number of hydrogen-bond acceptors (Lipinski definition) is 6. The highest BCUT2D eigenvalue weighted by Crippen LogP contribution is 2.10. The van der Waals surface area contributed by atoms with Gasteiger partial charge in [-0.2, -0.15) is 0 Å². The number of hydrogen-bond donors (Lipinski definition) is 0. The number of rotatable bonds is 11. The molecule has 0 aliphatic carbocycles. The van der Waals surface area contributed by atoms with Crippen molar-refractivity contribution in [3.05, 3.63) is 29.8 Å². The maximum absolute atomic E-state index is 10.5. The van der Waals surface area contributed by atoms with E-state index in [1.165, 1.54) is 0 Å². The highest BCUT2D eigenvalue weighted by molar-refractivity contribution is 5.74. The summed E-state index contributed by atoms with van der Waals surface area (Å²) in [7, 11) is 0. The Hall–Kier alpha value is -1.47. The first kappa shape index (κ1) is 17.9. The zero-order chi connectivity index (χ0) is 16.2. The maximum atomic E-state index is 10.5. The molecule has 1 fully saturated rings. The number of carbonyl (C=O) groups is 1. The van der Waals surface area contributed by atoms with Gasteiger partial charge in [0.05, 0.1) is 39.6 Å². The summed E-state index contributed by atoms with van der Waals surface area (Å²) in [5, 5.41) is 0. The molecule has 0 saturated carbocycles. The zero-order valence-electron chi connectivity index (χ0n) is 13.4. The molecule has 0 amide bonds. The van der Waals surface area contributed by atoms with Crippen LogP contribution in [-0.4, -0.2) is 77.1 Å². The molecule has 1 saturated heterocycles. The van der Waals surface area contributed by atoms with Crippen LogP contribution < -0.4 is 4.74 Å². The number of aldehydes is 1. The second kappa shape index (κ2) is 11.1. The van der Waals surface area contributed by atoms with Gasteiger partial charge in [-0.1, -0.05) is 0 Å². The molecular formula is C17H25NO5. The minimum absolute atomic E-state index is 0.480. The molecule has 0 spiro atoms. The van der Waals surface area contributed by atoms with Crippen molar-refractivity contribution in [1.82, 2.24) is 4.90 Å². The smallest absolute Gasteiger partial charge is 0.150 e. The quantitative estimate of drug-likeness (QED) is 0.451. The number of benzene rings is 1. The van der Waals surface area contributed by atoms with E-state index in [1.54, 1.807) is 24.3 Å². The Morgan fingerprint density at radius 2 is 1.61 bits per heavy atom. The zero-order valence-corrected chi connectivity index (χ0v) is 13.4. The van der Waals surface area contributed by atoms with Gasteiger partial charge in [-0.25, -0.2) is 0 Å². The minimum atomic E-state index is 0.480. The largest absolute Gasteiger partial charge is 0.491 e. The lowest BCUT2D eigenvalue weighted by molar-refractivity contribution is 0.00520. The molecule has 1 aliphatic heterocycles. The van der Waals surface area contributed by atoms with Crippen molar-refractivity contribution < 1.29 is 23.7 Å². The van der Waals surface area contributed by atoms with Crippen LogP contribution in [0.3, 0.4) is 0 Å². The van der Waals surface area contributed by atoms with Crippen LogP contribution in [0.15, 0.2) is 24.3 Å².